The fourth-order valence-corrected chi connectivity index (χ4v) is 2.06. The lowest BCUT2D eigenvalue weighted by Crippen LogP contribution is -2.41. The molecule has 2 aromatic carbocycles. The molecule has 1 heterocycles. The fraction of sp³-hybridized carbons (Fsp3) is 0.133. The predicted octanol–water partition coefficient (Wildman–Crippen LogP) is 3.02. The number of fused-ring (bicyclic) bond motifs is 1. The van der Waals surface area contributed by atoms with E-state index in [2.05, 4.69) is 4.99 Å². The van der Waals surface area contributed by atoms with Crippen molar-refractivity contribution < 1.29 is 9.84 Å². The van der Waals surface area contributed by atoms with Crippen LogP contribution >= 0.6 is 0 Å². The van der Waals surface area contributed by atoms with Crippen LogP contribution in [0.1, 0.15) is 12.5 Å². The molecule has 3 nitrogen and oxygen atoms in total. The van der Waals surface area contributed by atoms with Crippen LogP contribution in [-0.4, -0.2) is 10.8 Å². The standard InChI is InChI=1S/C15H13NO2/c1-11-15(17,12-7-3-2-4-8-12)18-14-10-6-5-9-13(14)16-11/h2-10,17H,1H3/t15-/m1/s1. The highest BCUT2D eigenvalue weighted by atomic mass is 16.6. The van der Waals surface area contributed by atoms with Gasteiger partial charge in [0.2, 0.25) is 0 Å². The first kappa shape index (κ1) is 11.0. The Morgan fingerprint density at radius 1 is 1.00 bits per heavy atom. The molecule has 3 heteroatoms. The molecule has 3 rings (SSSR count). The second-order valence-corrected chi connectivity index (χ2v) is 4.28. The van der Waals surface area contributed by atoms with E-state index in [0.29, 0.717) is 17.0 Å². The van der Waals surface area contributed by atoms with Gasteiger partial charge in [-0.3, -0.25) is 0 Å². The molecule has 0 spiro atoms. The van der Waals surface area contributed by atoms with Gasteiger partial charge in [0.15, 0.2) is 0 Å². The summed E-state index contributed by atoms with van der Waals surface area (Å²) < 4.78 is 5.74. The van der Waals surface area contributed by atoms with E-state index in [0.717, 1.165) is 5.69 Å². The van der Waals surface area contributed by atoms with E-state index < -0.39 is 5.79 Å². The molecule has 0 saturated heterocycles. The van der Waals surface area contributed by atoms with Crippen molar-refractivity contribution in [3.8, 4) is 5.75 Å². The highest BCUT2D eigenvalue weighted by Crippen LogP contribution is 2.39. The molecule has 0 saturated carbocycles. The molecular weight excluding hydrogens is 226 g/mol. The number of ether oxygens (including phenoxy) is 1. The summed E-state index contributed by atoms with van der Waals surface area (Å²) in [5.41, 5.74) is 1.96. The number of aliphatic hydroxyl groups is 1. The normalized spacial score (nSPS) is 21.8. The number of nitrogens with zero attached hydrogens (tertiary/aromatic N) is 1. The Morgan fingerprint density at radius 3 is 2.44 bits per heavy atom. The molecule has 0 amide bonds. The van der Waals surface area contributed by atoms with Crippen LogP contribution in [0.5, 0.6) is 5.75 Å². The highest BCUT2D eigenvalue weighted by molar-refractivity contribution is 5.94. The van der Waals surface area contributed by atoms with Crippen LogP contribution in [0, 0.1) is 0 Å². The Balaban J connectivity index is 2.12. The van der Waals surface area contributed by atoms with E-state index >= 15 is 0 Å². The second kappa shape index (κ2) is 3.96. The zero-order chi connectivity index (χ0) is 12.6. The van der Waals surface area contributed by atoms with Gasteiger partial charge in [0.05, 0.1) is 5.71 Å². The van der Waals surface area contributed by atoms with Crippen LogP contribution < -0.4 is 4.74 Å². The first-order chi connectivity index (χ1) is 8.70. The van der Waals surface area contributed by atoms with E-state index in [4.69, 9.17) is 4.74 Å². The molecule has 18 heavy (non-hydrogen) atoms. The van der Waals surface area contributed by atoms with Crippen molar-refractivity contribution in [3.63, 3.8) is 0 Å². The molecule has 1 aliphatic heterocycles. The summed E-state index contributed by atoms with van der Waals surface area (Å²) in [6.45, 7) is 1.77. The maximum Gasteiger partial charge on any atom is 0.274 e. The van der Waals surface area contributed by atoms with Crippen LogP contribution in [0.15, 0.2) is 59.6 Å². The summed E-state index contributed by atoms with van der Waals surface area (Å²) in [6, 6.07) is 16.7. The summed E-state index contributed by atoms with van der Waals surface area (Å²) >= 11 is 0. The van der Waals surface area contributed by atoms with Crippen LogP contribution in [0.2, 0.25) is 0 Å². The number of aliphatic imine (C=N–C) groups is 1. The molecule has 0 radical (unpaired) electrons. The molecule has 90 valence electrons. The van der Waals surface area contributed by atoms with E-state index in [9.17, 15) is 5.11 Å². The Bertz CT molecular complexity index is 607. The van der Waals surface area contributed by atoms with E-state index in [-0.39, 0.29) is 0 Å². The lowest BCUT2D eigenvalue weighted by molar-refractivity contribution is -0.0841. The maximum atomic E-state index is 10.7. The molecule has 0 aromatic heterocycles. The summed E-state index contributed by atoms with van der Waals surface area (Å²) in [5, 5.41) is 10.7. The van der Waals surface area contributed by atoms with Crippen molar-refractivity contribution in [3.05, 3.63) is 60.2 Å². The van der Waals surface area contributed by atoms with Gasteiger partial charge >= 0.3 is 0 Å². The molecule has 0 bridgehead atoms. The third-order valence-corrected chi connectivity index (χ3v) is 3.07. The zero-order valence-corrected chi connectivity index (χ0v) is 10.00. The van der Waals surface area contributed by atoms with Gasteiger partial charge < -0.3 is 9.84 Å². The fourth-order valence-electron chi connectivity index (χ4n) is 2.06. The average molecular weight is 239 g/mol. The lowest BCUT2D eigenvalue weighted by atomic mass is 10.00. The second-order valence-electron chi connectivity index (χ2n) is 4.28. The van der Waals surface area contributed by atoms with Crippen LogP contribution in [0.3, 0.4) is 0 Å². The molecule has 1 aliphatic rings. The Hall–Kier alpha value is -2.13. The summed E-state index contributed by atoms with van der Waals surface area (Å²) in [4.78, 5) is 4.42. The Kier molecular flexibility index (Phi) is 2.42. The number of hydrogen-bond acceptors (Lipinski definition) is 3. The van der Waals surface area contributed by atoms with Gasteiger partial charge in [-0.25, -0.2) is 4.99 Å². The van der Waals surface area contributed by atoms with Crippen molar-refractivity contribution >= 4 is 11.4 Å². The minimum Gasteiger partial charge on any atom is -0.450 e. The minimum atomic E-state index is -1.48. The number of hydrogen-bond donors (Lipinski definition) is 1. The van der Waals surface area contributed by atoms with Crippen molar-refractivity contribution in [1.82, 2.24) is 0 Å². The predicted molar refractivity (Wildman–Crippen MR) is 70.2 cm³/mol. The molecule has 0 fully saturated rings. The lowest BCUT2D eigenvalue weighted by Gasteiger charge is -2.32. The molecule has 2 aromatic rings. The first-order valence-electron chi connectivity index (χ1n) is 5.82. The third kappa shape index (κ3) is 1.60. The summed E-state index contributed by atoms with van der Waals surface area (Å²) in [5.74, 6) is -0.884. The Morgan fingerprint density at radius 2 is 1.67 bits per heavy atom. The van der Waals surface area contributed by atoms with Crippen molar-refractivity contribution in [2.75, 3.05) is 0 Å². The smallest absolute Gasteiger partial charge is 0.274 e. The minimum absolute atomic E-state index is 0.535. The molecule has 1 atom stereocenters. The number of benzene rings is 2. The maximum absolute atomic E-state index is 10.7. The van der Waals surface area contributed by atoms with Gasteiger partial charge in [-0.15, -0.1) is 0 Å². The molecule has 0 aliphatic carbocycles. The highest BCUT2D eigenvalue weighted by Gasteiger charge is 2.38. The quantitative estimate of drug-likeness (QED) is 0.831. The van der Waals surface area contributed by atoms with Gasteiger partial charge in [-0.1, -0.05) is 42.5 Å². The topological polar surface area (TPSA) is 41.8 Å². The first-order valence-corrected chi connectivity index (χ1v) is 5.82. The van der Waals surface area contributed by atoms with Gasteiger partial charge in [-0.05, 0) is 19.1 Å². The van der Waals surface area contributed by atoms with E-state index in [1.54, 1.807) is 13.0 Å². The summed E-state index contributed by atoms with van der Waals surface area (Å²) in [6.07, 6.45) is 0. The van der Waals surface area contributed by atoms with Crippen LogP contribution in [0.4, 0.5) is 5.69 Å². The SMILES string of the molecule is CC1=Nc2ccccc2O[C@@]1(O)c1ccccc1. The van der Waals surface area contributed by atoms with Gasteiger partial charge in [-0.2, -0.15) is 0 Å². The Labute approximate surface area is 105 Å². The third-order valence-electron chi connectivity index (χ3n) is 3.07. The van der Waals surface area contributed by atoms with Gasteiger partial charge in [0, 0.05) is 5.56 Å². The van der Waals surface area contributed by atoms with Crippen LogP contribution in [-0.2, 0) is 5.79 Å². The average Bonchev–Trinajstić information content (AvgIpc) is 2.41. The molecule has 1 N–H and O–H groups in total. The molecular formula is C15H13NO2. The number of rotatable bonds is 1. The largest absolute Gasteiger partial charge is 0.450 e. The van der Waals surface area contributed by atoms with E-state index in [1.165, 1.54) is 0 Å². The number of para-hydroxylation sites is 2. The van der Waals surface area contributed by atoms with Crippen molar-refractivity contribution in [2.24, 2.45) is 4.99 Å². The van der Waals surface area contributed by atoms with Crippen molar-refractivity contribution in [1.29, 1.82) is 0 Å². The van der Waals surface area contributed by atoms with Gasteiger partial charge in [0.25, 0.3) is 5.79 Å². The van der Waals surface area contributed by atoms with Crippen LogP contribution in [0.25, 0.3) is 0 Å². The van der Waals surface area contributed by atoms with E-state index in [1.807, 2.05) is 48.5 Å². The monoisotopic (exact) mass is 239 g/mol. The van der Waals surface area contributed by atoms with Crippen molar-refractivity contribution in [2.45, 2.75) is 12.7 Å². The summed E-state index contributed by atoms with van der Waals surface area (Å²) in [7, 11) is 0. The molecule has 0 unspecified atom stereocenters. The van der Waals surface area contributed by atoms with Gasteiger partial charge in [0.1, 0.15) is 11.4 Å². The zero-order valence-electron chi connectivity index (χ0n) is 10.00.